The Morgan fingerprint density at radius 3 is 2.21 bits per heavy atom. The summed E-state index contributed by atoms with van der Waals surface area (Å²) in [5, 5.41) is 3.70. The van der Waals surface area contributed by atoms with Crippen LogP contribution in [0.5, 0.6) is 0 Å². The van der Waals surface area contributed by atoms with Crippen LogP contribution >= 0.6 is 0 Å². The summed E-state index contributed by atoms with van der Waals surface area (Å²) in [7, 11) is -1.66. The second-order valence-corrected chi connectivity index (χ2v) is 13.4. The molecule has 0 aliphatic heterocycles. The minimum atomic E-state index is -1.66. The molecule has 1 atom stereocenters. The Kier molecular flexibility index (Phi) is 7.58. The fourth-order valence-electron chi connectivity index (χ4n) is 3.07. The van der Waals surface area contributed by atoms with Gasteiger partial charge in [0.15, 0.2) is 8.32 Å². The number of nitrogens with two attached hydrogens (primary N) is 1. The van der Waals surface area contributed by atoms with Crippen molar-refractivity contribution in [3.8, 4) is 0 Å². The van der Waals surface area contributed by atoms with Crippen molar-refractivity contribution in [2.45, 2.75) is 58.0 Å². The maximum absolute atomic E-state index is 11.2. The van der Waals surface area contributed by atoms with Crippen LogP contribution in [0.15, 0.2) is 54.6 Å². The third-order valence-electron chi connectivity index (χ3n) is 4.71. The lowest BCUT2D eigenvalue weighted by Crippen LogP contribution is -2.43. The molecular weight excluding hydrogens is 364 g/mol. The molecule has 3 N–H and O–H groups in total. The molecule has 0 aliphatic rings. The zero-order valence-corrected chi connectivity index (χ0v) is 18.8. The van der Waals surface area contributed by atoms with E-state index in [4.69, 9.17) is 10.2 Å². The summed E-state index contributed by atoms with van der Waals surface area (Å²) in [5.74, 6) is -0.386. The molecule has 1 unspecified atom stereocenters. The number of hydrogen-bond donors (Lipinski definition) is 2. The van der Waals surface area contributed by atoms with Gasteiger partial charge < -0.3 is 15.5 Å². The molecule has 1 amide bonds. The number of amides is 1. The highest BCUT2D eigenvalue weighted by Crippen LogP contribution is 2.23. The van der Waals surface area contributed by atoms with Crippen LogP contribution in [0.25, 0.3) is 0 Å². The van der Waals surface area contributed by atoms with E-state index in [-0.39, 0.29) is 17.6 Å². The Morgan fingerprint density at radius 2 is 1.68 bits per heavy atom. The van der Waals surface area contributed by atoms with Crippen LogP contribution in [0, 0.1) is 0 Å². The molecule has 2 rings (SSSR count). The Morgan fingerprint density at radius 1 is 1.07 bits per heavy atom. The number of benzene rings is 2. The van der Waals surface area contributed by atoms with Crippen molar-refractivity contribution < 1.29 is 9.22 Å². The first-order chi connectivity index (χ1) is 13.1. The van der Waals surface area contributed by atoms with Crippen molar-refractivity contribution in [3.63, 3.8) is 0 Å². The first kappa shape index (κ1) is 22.3. The topological polar surface area (TPSA) is 64.4 Å². The van der Waals surface area contributed by atoms with Gasteiger partial charge in [-0.3, -0.25) is 4.79 Å². The van der Waals surface area contributed by atoms with Crippen LogP contribution in [-0.2, 0) is 10.8 Å². The minimum absolute atomic E-state index is 0.0296. The number of primary amides is 1. The molecule has 0 saturated heterocycles. The average molecular weight is 399 g/mol. The normalized spacial score (nSPS) is 13.3. The monoisotopic (exact) mass is 398 g/mol. The highest BCUT2D eigenvalue weighted by atomic mass is 28.4. The number of hydrogen-bond acceptors (Lipinski definition) is 3. The SMILES string of the molecule is CC(C)(CCc1ccc(C(N)=O)cc1)NCC(O[Si](C)(C)C)c1ccccc1. The lowest BCUT2D eigenvalue weighted by atomic mass is 9.94. The Hall–Kier alpha value is -1.95. The number of nitrogens with one attached hydrogen (secondary N) is 1. The molecule has 28 heavy (non-hydrogen) atoms. The van der Waals surface area contributed by atoms with Crippen molar-refractivity contribution in [2.75, 3.05) is 6.54 Å². The maximum Gasteiger partial charge on any atom is 0.248 e. The smallest absolute Gasteiger partial charge is 0.248 e. The van der Waals surface area contributed by atoms with Gasteiger partial charge in [-0.25, -0.2) is 0 Å². The molecule has 0 heterocycles. The van der Waals surface area contributed by atoms with E-state index < -0.39 is 8.32 Å². The number of aryl methyl sites for hydroxylation is 1. The molecule has 2 aromatic rings. The highest BCUT2D eigenvalue weighted by molar-refractivity contribution is 6.69. The number of rotatable bonds is 10. The van der Waals surface area contributed by atoms with Gasteiger partial charge in [0, 0.05) is 17.6 Å². The van der Waals surface area contributed by atoms with Gasteiger partial charge in [0.1, 0.15) is 0 Å². The van der Waals surface area contributed by atoms with Crippen molar-refractivity contribution in [1.82, 2.24) is 5.32 Å². The molecule has 0 saturated carbocycles. The third kappa shape index (κ3) is 7.58. The molecule has 0 spiro atoms. The van der Waals surface area contributed by atoms with Crippen molar-refractivity contribution >= 4 is 14.2 Å². The van der Waals surface area contributed by atoms with E-state index in [0.29, 0.717) is 5.56 Å². The van der Waals surface area contributed by atoms with Crippen LogP contribution < -0.4 is 11.1 Å². The van der Waals surface area contributed by atoms with E-state index in [1.54, 1.807) is 12.1 Å². The van der Waals surface area contributed by atoms with Gasteiger partial charge in [-0.1, -0.05) is 42.5 Å². The molecular formula is C23H34N2O2Si. The molecule has 5 heteroatoms. The first-order valence-corrected chi connectivity index (χ1v) is 13.3. The Balaban J connectivity index is 1.96. The van der Waals surface area contributed by atoms with Gasteiger partial charge in [-0.05, 0) is 69.6 Å². The van der Waals surface area contributed by atoms with Crippen LogP contribution in [0.4, 0.5) is 0 Å². The molecule has 4 nitrogen and oxygen atoms in total. The molecule has 0 aromatic heterocycles. The lowest BCUT2D eigenvalue weighted by Gasteiger charge is -2.32. The van der Waals surface area contributed by atoms with E-state index in [1.807, 2.05) is 18.2 Å². The zero-order chi connectivity index (χ0) is 20.8. The standard InChI is InChI=1S/C23H34N2O2Si/c1-23(2,16-15-18-11-13-20(14-12-18)22(24)26)25-17-21(27-28(3,4)5)19-9-7-6-8-10-19/h6-14,21,25H,15-17H2,1-5H3,(H2,24,26). The molecule has 0 bridgehead atoms. The van der Waals surface area contributed by atoms with Crippen LogP contribution in [0.1, 0.15) is 47.9 Å². The quantitative estimate of drug-likeness (QED) is 0.571. The largest absolute Gasteiger partial charge is 0.409 e. The summed E-state index contributed by atoms with van der Waals surface area (Å²) in [6.07, 6.45) is 1.98. The maximum atomic E-state index is 11.2. The van der Waals surface area contributed by atoms with Crippen molar-refractivity contribution in [2.24, 2.45) is 5.73 Å². The third-order valence-corrected chi connectivity index (χ3v) is 5.70. The molecule has 0 radical (unpaired) electrons. The summed E-state index contributed by atoms with van der Waals surface area (Å²) in [4.78, 5) is 11.2. The van der Waals surface area contributed by atoms with Gasteiger partial charge in [0.05, 0.1) is 6.10 Å². The van der Waals surface area contributed by atoms with Crippen molar-refractivity contribution in [1.29, 1.82) is 0 Å². The van der Waals surface area contributed by atoms with E-state index in [0.717, 1.165) is 19.4 Å². The van der Waals surface area contributed by atoms with Crippen molar-refractivity contribution in [3.05, 3.63) is 71.3 Å². The van der Waals surface area contributed by atoms with E-state index in [2.05, 4.69) is 63.1 Å². The van der Waals surface area contributed by atoms with E-state index >= 15 is 0 Å². The lowest BCUT2D eigenvalue weighted by molar-refractivity contribution is 0.1000. The second-order valence-electron chi connectivity index (χ2n) is 8.96. The fraction of sp³-hybridized carbons (Fsp3) is 0.435. The number of carbonyl (C=O) groups excluding carboxylic acids is 1. The fourth-order valence-corrected chi connectivity index (χ4v) is 4.14. The van der Waals surface area contributed by atoms with E-state index in [1.165, 1.54) is 11.1 Å². The van der Waals surface area contributed by atoms with Crippen LogP contribution in [-0.4, -0.2) is 26.3 Å². The molecule has 0 aliphatic carbocycles. The zero-order valence-electron chi connectivity index (χ0n) is 17.8. The van der Waals surface area contributed by atoms with Gasteiger partial charge in [-0.2, -0.15) is 0 Å². The Labute approximate surface area is 170 Å². The first-order valence-electron chi connectivity index (χ1n) is 9.92. The Bertz CT molecular complexity index is 752. The van der Waals surface area contributed by atoms with Crippen LogP contribution in [0.3, 0.4) is 0 Å². The summed E-state index contributed by atoms with van der Waals surface area (Å²) in [5.41, 5.74) is 8.25. The summed E-state index contributed by atoms with van der Waals surface area (Å²) >= 11 is 0. The summed E-state index contributed by atoms with van der Waals surface area (Å²) in [6.45, 7) is 11.9. The summed E-state index contributed by atoms with van der Waals surface area (Å²) < 4.78 is 6.45. The predicted octanol–water partition coefficient (Wildman–Crippen LogP) is 4.68. The van der Waals surface area contributed by atoms with Crippen LogP contribution in [0.2, 0.25) is 19.6 Å². The predicted molar refractivity (Wildman–Crippen MR) is 119 cm³/mol. The highest BCUT2D eigenvalue weighted by Gasteiger charge is 2.25. The van der Waals surface area contributed by atoms with Gasteiger partial charge >= 0.3 is 0 Å². The molecule has 0 fully saturated rings. The molecule has 2 aromatic carbocycles. The van der Waals surface area contributed by atoms with Gasteiger partial charge in [-0.15, -0.1) is 0 Å². The average Bonchev–Trinajstić information content (AvgIpc) is 2.64. The summed E-state index contributed by atoms with van der Waals surface area (Å²) in [6, 6.07) is 18.0. The minimum Gasteiger partial charge on any atom is -0.409 e. The second kappa shape index (κ2) is 9.50. The molecule has 152 valence electrons. The number of carbonyl (C=O) groups is 1. The van der Waals surface area contributed by atoms with E-state index in [9.17, 15) is 4.79 Å². The van der Waals surface area contributed by atoms with Gasteiger partial charge in [0.2, 0.25) is 5.91 Å². The van der Waals surface area contributed by atoms with Gasteiger partial charge in [0.25, 0.3) is 0 Å².